The molecule has 0 unspecified atom stereocenters. The standard InChI is InChI=1S/C23H17ClN6O/c1-13(31)20-8-15-2-3-16(9-21(15)29-20)22-25-12-19(24)23(30-22)28-18-6-4-14(5-7-18)17-10-26-27-11-17/h2-12,29H,1H3,(H,26,27)(H,25,28,30). The number of carbonyl (C=O) groups is 1. The van der Waals surface area contributed by atoms with E-state index in [1.165, 1.54) is 6.92 Å². The minimum Gasteiger partial charge on any atom is -0.352 e. The van der Waals surface area contributed by atoms with Crippen LogP contribution in [0, 0.1) is 0 Å². The highest BCUT2D eigenvalue weighted by molar-refractivity contribution is 6.32. The van der Waals surface area contributed by atoms with Crippen LogP contribution in [-0.4, -0.2) is 30.9 Å². The molecule has 0 aliphatic carbocycles. The Morgan fingerprint density at radius 1 is 1.00 bits per heavy atom. The van der Waals surface area contributed by atoms with Crippen LogP contribution in [0.3, 0.4) is 0 Å². The first-order valence-electron chi connectivity index (χ1n) is 9.60. The molecule has 0 aliphatic rings. The van der Waals surface area contributed by atoms with Gasteiger partial charge in [-0.3, -0.25) is 9.89 Å². The quantitative estimate of drug-likeness (QED) is 0.316. The lowest BCUT2D eigenvalue weighted by Gasteiger charge is -2.10. The molecular formula is C23H17ClN6O. The Morgan fingerprint density at radius 3 is 2.55 bits per heavy atom. The second-order valence-corrected chi connectivity index (χ2v) is 7.53. The Kier molecular flexibility index (Phi) is 4.72. The first-order chi connectivity index (χ1) is 15.1. The van der Waals surface area contributed by atoms with Crippen LogP contribution in [0.25, 0.3) is 33.4 Å². The number of ketones is 1. The summed E-state index contributed by atoms with van der Waals surface area (Å²) in [6.45, 7) is 1.54. The number of Topliss-reactive ketones (excluding diaryl/α,β-unsaturated/α-hetero) is 1. The van der Waals surface area contributed by atoms with Crippen molar-refractivity contribution >= 4 is 39.8 Å². The smallest absolute Gasteiger partial charge is 0.175 e. The molecule has 3 N–H and O–H groups in total. The largest absolute Gasteiger partial charge is 0.352 e. The zero-order chi connectivity index (χ0) is 21.4. The first-order valence-corrected chi connectivity index (χ1v) is 9.97. The monoisotopic (exact) mass is 428 g/mol. The molecule has 0 amide bonds. The van der Waals surface area contributed by atoms with Gasteiger partial charge in [0.25, 0.3) is 0 Å². The van der Waals surface area contributed by atoms with Gasteiger partial charge in [-0.05, 0) is 29.8 Å². The molecule has 0 aliphatic heterocycles. The Balaban J connectivity index is 1.44. The highest BCUT2D eigenvalue weighted by Gasteiger charge is 2.11. The average molecular weight is 429 g/mol. The number of nitrogens with zero attached hydrogens (tertiary/aromatic N) is 3. The number of anilines is 2. The topological polar surface area (TPSA) is 99.3 Å². The molecule has 3 aromatic heterocycles. The Morgan fingerprint density at radius 2 is 1.81 bits per heavy atom. The molecule has 8 heteroatoms. The van der Waals surface area contributed by atoms with E-state index in [0.717, 1.165) is 33.3 Å². The van der Waals surface area contributed by atoms with E-state index in [4.69, 9.17) is 11.6 Å². The lowest BCUT2D eigenvalue weighted by molar-refractivity contribution is 0.101. The maximum absolute atomic E-state index is 11.6. The van der Waals surface area contributed by atoms with Crippen molar-refractivity contribution in [3.63, 3.8) is 0 Å². The van der Waals surface area contributed by atoms with Crippen molar-refractivity contribution in [2.24, 2.45) is 0 Å². The second-order valence-electron chi connectivity index (χ2n) is 7.12. The summed E-state index contributed by atoms with van der Waals surface area (Å²) in [5, 5.41) is 11.4. The lowest BCUT2D eigenvalue weighted by atomic mass is 10.1. The molecule has 152 valence electrons. The fourth-order valence-electron chi connectivity index (χ4n) is 3.34. The summed E-state index contributed by atoms with van der Waals surface area (Å²) in [5.74, 6) is 1.03. The first kappa shape index (κ1) is 19.0. The van der Waals surface area contributed by atoms with Crippen LogP contribution in [0.5, 0.6) is 0 Å². The van der Waals surface area contributed by atoms with Crippen molar-refractivity contribution in [2.75, 3.05) is 5.32 Å². The van der Waals surface area contributed by atoms with E-state index in [-0.39, 0.29) is 5.78 Å². The van der Waals surface area contributed by atoms with Crippen molar-refractivity contribution in [3.8, 4) is 22.5 Å². The number of H-pyrrole nitrogens is 2. The fraction of sp³-hybridized carbons (Fsp3) is 0.0435. The van der Waals surface area contributed by atoms with Gasteiger partial charge in [-0.1, -0.05) is 35.9 Å². The molecule has 5 rings (SSSR count). The average Bonchev–Trinajstić information content (AvgIpc) is 3.45. The Bertz CT molecular complexity index is 1390. The van der Waals surface area contributed by atoms with E-state index in [1.54, 1.807) is 12.4 Å². The molecule has 0 atom stereocenters. The Hall–Kier alpha value is -3.97. The molecule has 0 saturated heterocycles. The maximum atomic E-state index is 11.6. The number of aromatic amines is 2. The number of rotatable bonds is 5. The molecule has 3 heterocycles. The summed E-state index contributed by atoms with van der Waals surface area (Å²) in [6, 6.07) is 15.5. The van der Waals surface area contributed by atoms with Crippen molar-refractivity contribution < 1.29 is 4.79 Å². The minimum atomic E-state index is -0.00855. The predicted octanol–water partition coefficient (Wildman–Crippen LogP) is 5.61. The summed E-state index contributed by atoms with van der Waals surface area (Å²) in [5.41, 5.74) is 5.17. The lowest BCUT2D eigenvalue weighted by Crippen LogP contribution is -1.98. The van der Waals surface area contributed by atoms with Crippen LogP contribution in [0.4, 0.5) is 11.5 Å². The number of aromatic nitrogens is 5. The third-order valence-corrected chi connectivity index (χ3v) is 5.26. The summed E-state index contributed by atoms with van der Waals surface area (Å²) in [6.07, 6.45) is 5.19. The number of benzene rings is 2. The molecule has 0 bridgehead atoms. The number of carbonyl (C=O) groups excluding carboxylic acids is 1. The highest BCUT2D eigenvalue weighted by atomic mass is 35.5. The molecule has 0 saturated carbocycles. The van der Waals surface area contributed by atoms with Gasteiger partial charge in [0.1, 0.15) is 5.02 Å². The van der Waals surface area contributed by atoms with E-state index in [0.29, 0.717) is 22.4 Å². The summed E-state index contributed by atoms with van der Waals surface area (Å²) < 4.78 is 0. The van der Waals surface area contributed by atoms with Gasteiger partial charge in [0.05, 0.1) is 18.1 Å². The predicted molar refractivity (Wildman–Crippen MR) is 122 cm³/mol. The van der Waals surface area contributed by atoms with Gasteiger partial charge in [-0.25, -0.2) is 9.97 Å². The second kappa shape index (κ2) is 7.70. The van der Waals surface area contributed by atoms with Gasteiger partial charge in [-0.2, -0.15) is 5.10 Å². The molecule has 0 radical (unpaired) electrons. The van der Waals surface area contributed by atoms with Crippen LogP contribution in [-0.2, 0) is 0 Å². The number of hydrogen-bond donors (Lipinski definition) is 3. The maximum Gasteiger partial charge on any atom is 0.175 e. The molecule has 0 spiro atoms. The van der Waals surface area contributed by atoms with Crippen molar-refractivity contribution in [1.29, 1.82) is 0 Å². The van der Waals surface area contributed by atoms with Crippen LogP contribution < -0.4 is 5.32 Å². The van der Waals surface area contributed by atoms with Crippen LogP contribution in [0.2, 0.25) is 5.02 Å². The van der Waals surface area contributed by atoms with E-state index >= 15 is 0 Å². The number of fused-ring (bicyclic) bond motifs is 1. The van der Waals surface area contributed by atoms with E-state index in [1.807, 2.05) is 54.7 Å². The van der Waals surface area contributed by atoms with E-state index in [2.05, 4.69) is 30.5 Å². The molecule has 7 nitrogen and oxygen atoms in total. The Labute approximate surface area is 182 Å². The van der Waals surface area contributed by atoms with Crippen molar-refractivity contribution in [2.45, 2.75) is 6.92 Å². The normalized spacial score (nSPS) is 11.0. The van der Waals surface area contributed by atoms with E-state index in [9.17, 15) is 4.79 Å². The van der Waals surface area contributed by atoms with Gasteiger partial charge in [0.15, 0.2) is 17.4 Å². The van der Waals surface area contributed by atoms with Crippen LogP contribution in [0.1, 0.15) is 17.4 Å². The molecular weight excluding hydrogens is 412 g/mol. The zero-order valence-corrected chi connectivity index (χ0v) is 17.2. The number of halogens is 1. The molecule has 5 aromatic rings. The van der Waals surface area contributed by atoms with Crippen molar-refractivity contribution in [1.82, 2.24) is 25.1 Å². The van der Waals surface area contributed by atoms with Crippen LogP contribution in [0.15, 0.2) is 67.1 Å². The molecule has 2 aromatic carbocycles. The summed E-state index contributed by atoms with van der Waals surface area (Å²) >= 11 is 6.34. The van der Waals surface area contributed by atoms with Gasteiger partial charge in [0.2, 0.25) is 0 Å². The third-order valence-electron chi connectivity index (χ3n) is 4.98. The van der Waals surface area contributed by atoms with Crippen LogP contribution >= 0.6 is 11.6 Å². The molecule has 31 heavy (non-hydrogen) atoms. The van der Waals surface area contributed by atoms with Crippen molar-refractivity contribution in [3.05, 3.63) is 77.8 Å². The van der Waals surface area contributed by atoms with Gasteiger partial charge < -0.3 is 10.3 Å². The van der Waals surface area contributed by atoms with E-state index < -0.39 is 0 Å². The summed E-state index contributed by atoms with van der Waals surface area (Å²) in [7, 11) is 0. The fourth-order valence-corrected chi connectivity index (χ4v) is 3.48. The summed E-state index contributed by atoms with van der Waals surface area (Å²) in [4.78, 5) is 23.7. The number of hydrogen-bond acceptors (Lipinski definition) is 5. The SMILES string of the molecule is CC(=O)c1cc2ccc(-c3ncc(Cl)c(Nc4ccc(-c5cn[nH]c5)cc4)n3)cc2[nH]1. The van der Waals surface area contributed by atoms with Gasteiger partial charge >= 0.3 is 0 Å². The highest BCUT2D eigenvalue weighted by Crippen LogP contribution is 2.29. The van der Waals surface area contributed by atoms with Gasteiger partial charge in [0, 0.05) is 40.8 Å². The zero-order valence-electron chi connectivity index (χ0n) is 16.5. The number of nitrogens with one attached hydrogen (secondary N) is 3. The van der Waals surface area contributed by atoms with Gasteiger partial charge in [-0.15, -0.1) is 0 Å². The molecule has 0 fully saturated rings. The minimum absolute atomic E-state index is 0.00855. The third kappa shape index (κ3) is 3.78.